The highest BCUT2D eigenvalue weighted by Gasteiger charge is 2.31. The molecule has 9 nitrogen and oxygen atoms in total. The van der Waals surface area contributed by atoms with Crippen LogP contribution in [-0.4, -0.2) is 66.0 Å². The molecule has 0 bridgehead atoms. The fourth-order valence-corrected chi connectivity index (χ4v) is 3.63. The Labute approximate surface area is 171 Å². The van der Waals surface area contributed by atoms with Crippen LogP contribution in [0.5, 0.6) is 5.75 Å². The van der Waals surface area contributed by atoms with E-state index in [0.29, 0.717) is 5.95 Å². The number of nitrogens with zero attached hydrogens (tertiary/aromatic N) is 5. The first-order valence-electron chi connectivity index (χ1n) is 9.90. The molecular weight excluding hydrogens is 368 g/mol. The summed E-state index contributed by atoms with van der Waals surface area (Å²) < 4.78 is 5.61. The first-order valence-corrected chi connectivity index (χ1v) is 9.90. The van der Waals surface area contributed by atoms with Gasteiger partial charge in [-0.1, -0.05) is 6.92 Å². The summed E-state index contributed by atoms with van der Waals surface area (Å²) in [6.45, 7) is 7.98. The molecule has 1 aromatic carbocycles. The summed E-state index contributed by atoms with van der Waals surface area (Å²) >= 11 is 0. The molecule has 0 spiro atoms. The number of anilines is 3. The Morgan fingerprint density at radius 1 is 1.24 bits per heavy atom. The molecule has 2 aliphatic heterocycles. The van der Waals surface area contributed by atoms with Crippen LogP contribution < -0.4 is 20.8 Å². The van der Waals surface area contributed by atoms with Gasteiger partial charge in [0.25, 0.3) is 0 Å². The number of hydrazine groups is 1. The van der Waals surface area contributed by atoms with E-state index in [2.05, 4.69) is 42.9 Å². The largest absolute Gasteiger partial charge is 0.496 e. The smallest absolute Gasteiger partial charge is 0.229 e. The lowest BCUT2D eigenvalue weighted by Crippen LogP contribution is -2.52. The third kappa shape index (κ3) is 4.10. The predicted octanol–water partition coefficient (Wildman–Crippen LogP) is 2.13. The van der Waals surface area contributed by atoms with Crippen molar-refractivity contribution in [1.29, 1.82) is 0 Å². The number of amidine groups is 1. The first-order chi connectivity index (χ1) is 14.1. The van der Waals surface area contributed by atoms with E-state index in [1.54, 1.807) is 7.11 Å². The predicted molar refractivity (Wildman–Crippen MR) is 115 cm³/mol. The van der Waals surface area contributed by atoms with Crippen LogP contribution in [0.1, 0.15) is 24.3 Å². The number of likely N-dealkylation sites (N-methyl/N-ethyl adjacent to an activating group) is 1. The molecule has 29 heavy (non-hydrogen) atoms. The van der Waals surface area contributed by atoms with E-state index in [0.717, 1.165) is 60.5 Å². The van der Waals surface area contributed by atoms with Crippen LogP contribution in [0.4, 0.5) is 17.5 Å². The quantitative estimate of drug-likeness (QED) is 0.684. The van der Waals surface area contributed by atoms with Crippen molar-refractivity contribution in [3.05, 3.63) is 35.5 Å². The maximum absolute atomic E-state index is 5.61. The number of aromatic nitrogens is 2. The Morgan fingerprint density at radius 2 is 2.10 bits per heavy atom. The number of benzene rings is 1. The van der Waals surface area contributed by atoms with E-state index in [9.17, 15) is 0 Å². The molecule has 2 aromatic rings. The van der Waals surface area contributed by atoms with Crippen LogP contribution in [0.2, 0.25) is 0 Å². The molecule has 3 N–H and O–H groups in total. The molecule has 9 heteroatoms. The van der Waals surface area contributed by atoms with Crippen molar-refractivity contribution in [1.82, 2.24) is 25.3 Å². The minimum Gasteiger partial charge on any atom is -0.496 e. The second kappa shape index (κ2) is 8.22. The van der Waals surface area contributed by atoms with Crippen LogP contribution >= 0.6 is 0 Å². The van der Waals surface area contributed by atoms with Gasteiger partial charge in [0, 0.05) is 43.1 Å². The van der Waals surface area contributed by atoms with Crippen LogP contribution in [0.15, 0.2) is 29.3 Å². The van der Waals surface area contributed by atoms with Crippen molar-refractivity contribution >= 4 is 23.3 Å². The Balaban J connectivity index is 1.60. The van der Waals surface area contributed by atoms with Gasteiger partial charge in [-0.05, 0) is 31.7 Å². The third-order valence-electron chi connectivity index (χ3n) is 5.21. The Bertz CT molecular complexity index is 915. The number of hydrogen-bond acceptors (Lipinski definition) is 9. The molecule has 1 unspecified atom stereocenters. The summed E-state index contributed by atoms with van der Waals surface area (Å²) in [7, 11) is 3.53. The molecule has 0 aliphatic carbocycles. The van der Waals surface area contributed by atoms with E-state index in [1.165, 1.54) is 0 Å². The van der Waals surface area contributed by atoms with Crippen molar-refractivity contribution in [2.24, 2.45) is 4.99 Å². The third-order valence-corrected chi connectivity index (χ3v) is 5.21. The molecule has 1 fully saturated rings. The van der Waals surface area contributed by atoms with Gasteiger partial charge in [-0.2, -0.15) is 4.98 Å². The van der Waals surface area contributed by atoms with Crippen molar-refractivity contribution in [3.63, 3.8) is 0 Å². The van der Waals surface area contributed by atoms with Crippen LogP contribution in [0, 0.1) is 6.92 Å². The Morgan fingerprint density at radius 3 is 2.86 bits per heavy atom. The average molecular weight is 396 g/mol. The van der Waals surface area contributed by atoms with Gasteiger partial charge in [0.1, 0.15) is 23.6 Å². The molecule has 154 valence electrons. The van der Waals surface area contributed by atoms with E-state index in [1.807, 2.05) is 38.2 Å². The lowest BCUT2D eigenvalue weighted by atomic mass is 10.1. The summed E-state index contributed by atoms with van der Waals surface area (Å²) in [5.41, 5.74) is 6.25. The van der Waals surface area contributed by atoms with Gasteiger partial charge in [0.15, 0.2) is 0 Å². The number of piperazine rings is 1. The number of aryl methyl sites for hydroxylation is 1. The van der Waals surface area contributed by atoms with Crippen LogP contribution in [0.25, 0.3) is 0 Å². The summed E-state index contributed by atoms with van der Waals surface area (Å²) in [6, 6.07) is 7.85. The van der Waals surface area contributed by atoms with Gasteiger partial charge in [0.2, 0.25) is 5.95 Å². The molecule has 0 radical (unpaired) electrons. The normalized spacial score (nSPS) is 19.0. The molecule has 0 amide bonds. The number of methoxy groups -OCH3 is 1. The molecule has 1 saturated heterocycles. The fourth-order valence-electron chi connectivity index (χ4n) is 3.63. The van der Waals surface area contributed by atoms with Gasteiger partial charge in [-0.15, -0.1) is 0 Å². The van der Waals surface area contributed by atoms with E-state index >= 15 is 0 Å². The van der Waals surface area contributed by atoms with Gasteiger partial charge in [-0.3, -0.25) is 9.91 Å². The summed E-state index contributed by atoms with van der Waals surface area (Å²) in [5, 5.41) is 8.51. The molecular formula is C20H28N8O. The number of hydrogen-bond donors (Lipinski definition) is 3. The number of fused-ring (bicyclic) bond motifs is 1. The maximum Gasteiger partial charge on any atom is 0.229 e. The molecule has 1 aromatic heterocycles. The lowest BCUT2D eigenvalue weighted by molar-refractivity contribution is 0.201. The van der Waals surface area contributed by atoms with Crippen molar-refractivity contribution < 1.29 is 4.74 Å². The van der Waals surface area contributed by atoms with Gasteiger partial charge in [0.05, 0.1) is 13.7 Å². The molecule has 0 saturated carbocycles. The molecule has 3 heterocycles. The number of ether oxygens (including phenoxy) is 1. The van der Waals surface area contributed by atoms with E-state index in [-0.39, 0.29) is 6.17 Å². The number of aliphatic imine (C=N–C) groups is 1. The number of nitrogens with one attached hydrogen (secondary N) is 3. The molecule has 4 rings (SSSR count). The standard InChI is InChI=1S/C20H28N8O/c1-5-27-8-9-28-18(12-27)25-19(26-28)15-11-14(6-7-16(15)29-4)23-20-22-13(2)10-17(21-3)24-20/h6-7,10-11,19,26H,5,8-9,12H2,1-4H3,(H2,21,22,23,24). The Hall–Kier alpha value is -2.91. The van der Waals surface area contributed by atoms with Crippen molar-refractivity contribution in [2.75, 3.05) is 51.0 Å². The SMILES string of the molecule is CCN1CCN2NC(c3cc(Nc4nc(C)cc(NC)n4)ccc3OC)N=C2C1. The summed E-state index contributed by atoms with van der Waals surface area (Å²) in [5.74, 6) is 3.19. The highest BCUT2D eigenvalue weighted by atomic mass is 16.5. The molecule has 2 aliphatic rings. The first kappa shape index (κ1) is 19.4. The minimum absolute atomic E-state index is 0.176. The lowest BCUT2D eigenvalue weighted by Gasteiger charge is -2.33. The summed E-state index contributed by atoms with van der Waals surface area (Å²) in [4.78, 5) is 16.3. The number of rotatable bonds is 6. The second-order valence-corrected chi connectivity index (χ2v) is 7.15. The minimum atomic E-state index is -0.176. The highest BCUT2D eigenvalue weighted by molar-refractivity contribution is 5.86. The van der Waals surface area contributed by atoms with Crippen molar-refractivity contribution in [3.8, 4) is 5.75 Å². The second-order valence-electron chi connectivity index (χ2n) is 7.15. The van der Waals surface area contributed by atoms with Crippen molar-refractivity contribution in [2.45, 2.75) is 20.0 Å². The zero-order chi connectivity index (χ0) is 20.4. The van der Waals surface area contributed by atoms with Gasteiger partial charge in [-0.25, -0.2) is 15.4 Å². The Kier molecular flexibility index (Phi) is 5.50. The van der Waals surface area contributed by atoms with Gasteiger partial charge >= 0.3 is 0 Å². The zero-order valence-electron chi connectivity index (χ0n) is 17.4. The molecule has 1 atom stereocenters. The van der Waals surface area contributed by atoms with E-state index in [4.69, 9.17) is 9.73 Å². The maximum atomic E-state index is 5.61. The summed E-state index contributed by atoms with van der Waals surface area (Å²) in [6.07, 6.45) is -0.176. The topological polar surface area (TPSA) is 89.9 Å². The zero-order valence-corrected chi connectivity index (χ0v) is 17.4. The average Bonchev–Trinajstić information content (AvgIpc) is 3.16. The van der Waals surface area contributed by atoms with Crippen LogP contribution in [0.3, 0.4) is 0 Å². The van der Waals surface area contributed by atoms with Crippen LogP contribution in [-0.2, 0) is 0 Å². The fraction of sp³-hybridized carbons (Fsp3) is 0.450. The van der Waals surface area contributed by atoms with Gasteiger partial charge < -0.3 is 15.4 Å². The highest BCUT2D eigenvalue weighted by Crippen LogP contribution is 2.33. The van der Waals surface area contributed by atoms with E-state index < -0.39 is 0 Å². The monoisotopic (exact) mass is 396 g/mol.